The molecule has 26 heavy (non-hydrogen) atoms. The second kappa shape index (κ2) is 7.92. The summed E-state index contributed by atoms with van der Waals surface area (Å²) < 4.78 is 0.732. The van der Waals surface area contributed by atoms with Gasteiger partial charge in [0.25, 0.3) is 5.91 Å². The topological polar surface area (TPSA) is 96.0 Å². The first-order valence-electron chi connectivity index (χ1n) is 8.30. The van der Waals surface area contributed by atoms with Crippen LogP contribution in [0.15, 0.2) is 36.7 Å². The van der Waals surface area contributed by atoms with Crippen LogP contribution in [0.25, 0.3) is 21.3 Å². The first-order valence-corrected chi connectivity index (χ1v) is 9.12. The molecular formula is C18H19N5O2S. The first-order chi connectivity index (χ1) is 12.6. The third-order valence-corrected chi connectivity index (χ3v) is 4.64. The van der Waals surface area contributed by atoms with Crippen LogP contribution < -0.4 is 16.0 Å². The number of thiazole rings is 1. The molecule has 0 spiro atoms. The molecule has 0 aliphatic rings. The molecule has 3 aromatic rings. The van der Waals surface area contributed by atoms with E-state index in [1.807, 2.05) is 38.1 Å². The minimum atomic E-state index is -0.321. The number of fused-ring (bicyclic) bond motifs is 1. The number of rotatable bonds is 5. The van der Waals surface area contributed by atoms with Gasteiger partial charge in [-0.05, 0) is 37.6 Å². The highest BCUT2D eigenvalue weighted by atomic mass is 32.1. The van der Waals surface area contributed by atoms with Crippen molar-refractivity contribution in [2.75, 3.05) is 18.4 Å². The quantitative estimate of drug-likeness (QED) is 0.643. The summed E-state index contributed by atoms with van der Waals surface area (Å²) in [5.74, 6) is -0.170. The van der Waals surface area contributed by atoms with Crippen molar-refractivity contribution in [3.63, 3.8) is 0 Å². The molecule has 2 heterocycles. The summed E-state index contributed by atoms with van der Waals surface area (Å²) in [5, 5.41) is 8.64. The van der Waals surface area contributed by atoms with E-state index in [1.54, 1.807) is 12.4 Å². The molecule has 0 bridgehead atoms. The van der Waals surface area contributed by atoms with Gasteiger partial charge in [0.05, 0.1) is 15.8 Å². The van der Waals surface area contributed by atoms with Gasteiger partial charge in [0, 0.05) is 31.0 Å². The minimum absolute atomic E-state index is 0.170. The average molecular weight is 369 g/mol. The molecular weight excluding hydrogens is 350 g/mol. The molecule has 0 radical (unpaired) electrons. The van der Waals surface area contributed by atoms with E-state index in [0.717, 1.165) is 15.8 Å². The maximum atomic E-state index is 12.5. The van der Waals surface area contributed by atoms with E-state index in [0.29, 0.717) is 29.3 Å². The highest BCUT2D eigenvalue weighted by molar-refractivity contribution is 7.22. The fourth-order valence-electron chi connectivity index (χ4n) is 2.51. The summed E-state index contributed by atoms with van der Waals surface area (Å²) in [5.41, 5.74) is 2.93. The van der Waals surface area contributed by atoms with E-state index < -0.39 is 0 Å². The lowest BCUT2D eigenvalue weighted by Crippen LogP contribution is -2.28. The van der Waals surface area contributed by atoms with Crippen molar-refractivity contribution in [1.82, 2.24) is 20.6 Å². The molecule has 134 valence electrons. The number of pyridine rings is 1. The summed E-state index contributed by atoms with van der Waals surface area (Å²) in [7, 11) is 0. The summed E-state index contributed by atoms with van der Waals surface area (Å²) in [6.45, 7) is 4.76. The van der Waals surface area contributed by atoms with Gasteiger partial charge in [-0.15, -0.1) is 0 Å². The van der Waals surface area contributed by atoms with Crippen LogP contribution in [0.4, 0.5) is 9.93 Å². The Kier molecular flexibility index (Phi) is 5.43. The third-order valence-electron chi connectivity index (χ3n) is 3.62. The second-order valence-corrected chi connectivity index (χ2v) is 6.48. The molecule has 0 unspecified atom stereocenters. The predicted molar refractivity (Wildman–Crippen MR) is 104 cm³/mol. The van der Waals surface area contributed by atoms with E-state index in [-0.39, 0.29) is 11.9 Å². The summed E-state index contributed by atoms with van der Waals surface area (Å²) in [4.78, 5) is 32.9. The molecule has 3 rings (SSSR count). The van der Waals surface area contributed by atoms with E-state index >= 15 is 0 Å². The molecule has 0 aliphatic carbocycles. The molecule has 0 atom stereocenters. The van der Waals surface area contributed by atoms with Crippen LogP contribution in [0.2, 0.25) is 0 Å². The Morgan fingerprint density at radius 2 is 1.92 bits per heavy atom. The number of carbonyl (C=O) groups is 2. The fraction of sp³-hybridized carbons (Fsp3) is 0.222. The zero-order valence-electron chi connectivity index (χ0n) is 14.5. The molecule has 1 aromatic carbocycles. The van der Waals surface area contributed by atoms with Gasteiger partial charge >= 0.3 is 6.03 Å². The lowest BCUT2D eigenvalue weighted by atomic mass is 10.0. The molecule has 0 aliphatic heterocycles. The summed E-state index contributed by atoms with van der Waals surface area (Å²) in [6.07, 6.45) is 3.44. The molecule has 3 N–H and O–H groups in total. The van der Waals surface area contributed by atoms with Crippen molar-refractivity contribution in [2.24, 2.45) is 0 Å². The number of nitrogens with one attached hydrogen (secondary N) is 3. The Balaban J connectivity index is 2.09. The Morgan fingerprint density at radius 3 is 2.62 bits per heavy atom. The lowest BCUT2D eigenvalue weighted by molar-refractivity contribution is 0.0957. The number of carbonyl (C=O) groups excluding carboxylic acids is 2. The standard InChI is InChI=1S/C18H19N5O2S/c1-3-20-16(24)13-8-12(11-6-5-7-19-10-11)9-14-15(13)26-18(22-14)23-17(25)21-4-2/h5-10H,3-4H2,1-2H3,(H,20,24)(H2,21,22,23,25). The SMILES string of the molecule is CCNC(=O)Nc1nc2cc(-c3cccnc3)cc(C(=O)NCC)c2s1. The van der Waals surface area contributed by atoms with Gasteiger partial charge < -0.3 is 10.6 Å². The number of benzene rings is 1. The van der Waals surface area contributed by atoms with Crippen LogP contribution in [0.5, 0.6) is 0 Å². The maximum absolute atomic E-state index is 12.5. The van der Waals surface area contributed by atoms with E-state index in [2.05, 4.69) is 25.9 Å². The molecule has 0 saturated carbocycles. The monoisotopic (exact) mass is 369 g/mol. The minimum Gasteiger partial charge on any atom is -0.352 e. The van der Waals surface area contributed by atoms with E-state index in [1.165, 1.54) is 11.3 Å². The van der Waals surface area contributed by atoms with Gasteiger partial charge in [-0.25, -0.2) is 9.78 Å². The number of hydrogen-bond donors (Lipinski definition) is 3. The van der Waals surface area contributed by atoms with Crippen molar-refractivity contribution in [3.05, 3.63) is 42.2 Å². The maximum Gasteiger partial charge on any atom is 0.321 e. The van der Waals surface area contributed by atoms with Gasteiger partial charge in [-0.3, -0.25) is 15.1 Å². The zero-order valence-corrected chi connectivity index (χ0v) is 15.3. The smallest absolute Gasteiger partial charge is 0.321 e. The Bertz CT molecular complexity index is 939. The summed E-state index contributed by atoms with van der Waals surface area (Å²) in [6, 6.07) is 7.18. The van der Waals surface area contributed by atoms with Crippen LogP contribution in [0.1, 0.15) is 24.2 Å². The van der Waals surface area contributed by atoms with Crippen molar-refractivity contribution in [2.45, 2.75) is 13.8 Å². The van der Waals surface area contributed by atoms with Crippen LogP contribution in [0.3, 0.4) is 0 Å². The number of urea groups is 1. The second-order valence-electron chi connectivity index (χ2n) is 5.48. The van der Waals surface area contributed by atoms with Crippen LogP contribution >= 0.6 is 11.3 Å². The van der Waals surface area contributed by atoms with Crippen LogP contribution in [0, 0.1) is 0 Å². The molecule has 2 aromatic heterocycles. The predicted octanol–water partition coefficient (Wildman–Crippen LogP) is 3.25. The Morgan fingerprint density at radius 1 is 1.12 bits per heavy atom. The number of nitrogens with zero attached hydrogens (tertiary/aromatic N) is 2. The molecule has 0 fully saturated rings. The number of aromatic nitrogens is 2. The van der Waals surface area contributed by atoms with Crippen molar-refractivity contribution >= 4 is 38.6 Å². The van der Waals surface area contributed by atoms with Crippen molar-refractivity contribution in [3.8, 4) is 11.1 Å². The van der Waals surface area contributed by atoms with E-state index in [9.17, 15) is 9.59 Å². The first kappa shape index (κ1) is 17.8. The Hall–Kier alpha value is -3.00. The largest absolute Gasteiger partial charge is 0.352 e. The van der Waals surface area contributed by atoms with Crippen LogP contribution in [-0.4, -0.2) is 35.0 Å². The normalized spacial score (nSPS) is 10.5. The van der Waals surface area contributed by atoms with Gasteiger partial charge in [-0.1, -0.05) is 17.4 Å². The fourth-order valence-corrected chi connectivity index (χ4v) is 3.46. The third kappa shape index (κ3) is 3.80. The molecule has 0 saturated heterocycles. The van der Waals surface area contributed by atoms with Gasteiger partial charge in [0.15, 0.2) is 5.13 Å². The molecule has 8 heteroatoms. The summed E-state index contributed by atoms with van der Waals surface area (Å²) >= 11 is 1.28. The Labute approximate surface area is 154 Å². The van der Waals surface area contributed by atoms with Crippen molar-refractivity contribution < 1.29 is 9.59 Å². The number of hydrogen-bond acceptors (Lipinski definition) is 5. The zero-order chi connectivity index (χ0) is 18.5. The van der Waals surface area contributed by atoms with Gasteiger partial charge in [0.1, 0.15) is 0 Å². The molecule has 3 amide bonds. The average Bonchev–Trinajstić information content (AvgIpc) is 3.04. The van der Waals surface area contributed by atoms with Gasteiger partial charge in [-0.2, -0.15) is 0 Å². The number of amides is 3. The van der Waals surface area contributed by atoms with E-state index in [4.69, 9.17) is 0 Å². The highest BCUT2D eigenvalue weighted by Gasteiger charge is 2.17. The highest BCUT2D eigenvalue weighted by Crippen LogP contribution is 2.33. The van der Waals surface area contributed by atoms with Crippen molar-refractivity contribution in [1.29, 1.82) is 0 Å². The van der Waals surface area contributed by atoms with Crippen LogP contribution in [-0.2, 0) is 0 Å². The molecule has 7 nitrogen and oxygen atoms in total. The lowest BCUT2D eigenvalue weighted by Gasteiger charge is -2.07. The van der Waals surface area contributed by atoms with Gasteiger partial charge in [0.2, 0.25) is 0 Å². The number of anilines is 1.